The molecule has 0 radical (unpaired) electrons. The van der Waals surface area contributed by atoms with Crippen LogP contribution in [-0.4, -0.2) is 15.2 Å². The van der Waals surface area contributed by atoms with Gasteiger partial charge in [0, 0.05) is 10.2 Å². The van der Waals surface area contributed by atoms with E-state index in [0.717, 1.165) is 15.7 Å². The molecular formula is C16H13BrFN5. The smallest absolute Gasteiger partial charge is 0.249 e. The Morgan fingerprint density at radius 2 is 1.91 bits per heavy atom. The number of hydrogen-bond donors (Lipinski definition) is 2. The summed E-state index contributed by atoms with van der Waals surface area (Å²) in [6, 6.07) is 12.2. The molecule has 0 spiro atoms. The van der Waals surface area contributed by atoms with Gasteiger partial charge >= 0.3 is 0 Å². The fraction of sp³-hybridized carbons (Fsp3) is 0.0625. The summed E-state index contributed by atoms with van der Waals surface area (Å²) in [5, 5.41) is 13.7. The van der Waals surface area contributed by atoms with Crippen molar-refractivity contribution in [3.05, 3.63) is 64.5 Å². The molecule has 0 fully saturated rings. The number of nitrogens with zero attached hydrogens (tertiary/aromatic N) is 3. The molecular weight excluding hydrogens is 361 g/mol. The van der Waals surface area contributed by atoms with Crippen molar-refractivity contribution in [2.24, 2.45) is 0 Å². The molecule has 1 heterocycles. The number of rotatable bonds is 4. The molecule has 23 heavy (non-hydrogen) atoms. The first-order valence-electron chi connectivity index (χ1n) is 6.86. The maximum absolute atomic E-state index is 13.7. The van der Waals surface area contributed by atoms with Gasteiger partial charge in [0.2, 0.25) is 5.95 Å². The summed E-state index contributed by atoms with van der Waals surface area (Å²) >= 11 is 3.48. The molecule has 0 saturated heterocycles. The second kappa shape index (κ2) is 6.70. The van der Waals surface area contributed by atoms with Crippen LogP contribution in [0.1, 0.15) is 5.56 Å². The average molecular weight is 374 g/mol. The van der Waals surface area contributed by atoms with Gasteiger partial charge in [0.1, 0.15) is 5.82 Å². The van der Waals surface area contributed by atoms with Gasteiger partial charge in [0.15, 0.2) is 5.82 Å². The number of benzene rings is 2. The zero-order valence-corrected chi connectivity index (χ0v) is 13.8. The van der Waals surface area contributed by atoms with E-state index in [0.29, 0.717) is 17.5 Å². The molecule has 0 aliphatic heterocycles. The topological polar surface area (TPSA) is 62.7 Å². The highest BCUT2D eigenvalue weighted by molar-refractivity contribution is 9.10. The zero-order valence-electron chi connectivity index (χ0n) is 12.2. The molecule has 7 heteroatoms. The predicted molar refractivity (Wildman–Crippen MR) is 91.7 cm³/mol. The number of hydrogen-bond acceptors (Lipinski definition) is 5. The van der Waals surface area contributed by atoms with Crippen molar-refractivity contribution in [1.82, 2.24) is 15.2 Å². The number of aryl methyl sites for hydroxylation is 1. The van der Waals surface area contributed by atoms with Crippen LogP contribution in [0.4, 0.5) is 27.5 Å². The number of halogens is 2. The van der Waals surface area contributed by atoms with Gasteiger partial charge in [0.25, 0.3) is 0 Å². The Morgan fingerprint density at radius 3 is 2.70 bits per heavy atom. The van der Waals surface area contributed by atoms with Crippen LogP contribution in [-0.2, 0) is 0 Å². The van der Waals surface area contributed by atoms with E-state index < -0.39 is 0 Å². The van der Waals surface area contributed by atoms with Gasteiger partial charge in [-0.05, 0) is 36.8 Å². The van der Waals surface area contributed by atoms with E-state index in [-0.39, 0.29) is 5.82 Å². The Morgan fingerprint density at radius 1 is 1.09 bits per heavy atom. The van der Waals surface area contributed by atoms with E-state index in [4.69, 9.17) is 0 Å². The normalized spacial score (nSPS) is 10.4. The minimum absolute atomic E-state index is 0.321. The molecule has 3 aromatic rings. The Labute approximate surface area is 141 Å². The predicted octanol–water partition coefficient (Wildman–Crippen LogP) is 4.57. The van der Waals surface area contributed by atoms with Crippen LogP contribution in [0.3, 0.4) is 0 Å². The van der Waals surface area contributed by atoms with Gasteiger partial charge in [-0.3, -0.25) is 0 Å². The van der Waals surface area contributed by atoms with E-state index in [9.17, 15) is 4.39 Å². The molecule has 0 atom stereocenters. The van der Waals surface area contributed by atoms with Crippen molar-refractivity contribution in [3.8, 4) is 0 Å². The van der Waals surface area contributed by atoms with Crippen LogP contribution in [0.5, 0.6) is 0 Å². The zero-order chi connectivity index (χ0) is 16.2. The van der Waals surface area contributed by atoms with Crippen molar-refractivity contribution in [3.63, 3.8) is 0 Å². The maximum atomic E-state index is 13.7. The second-order valence-corrected chi connectivity index (χ2v) is 5.71. The quantitative estimate of drug-likeness (QED) is 0.701. The minimum atomic E-state index is -0.358. The Kier molecular flexibility index (Phi) is 4.47. The Hall–Kier alpha value is -2.54. The molecule has 0 aliphatic carbocycles. The van der Waals surface area contributed by atoms with Gasteiger partial charge in [0.05, 0.1) is 11.9 Å². The highest BCUT2D eigenvalue weighted by Gasteiger charge is 2.05. The van der Waals surface area contributed by atoms with Crippen LogP contribution in [0, 0.1) is 12.7 Å². The third-order valence-corrected chi connectivity index (χ3v) is 3.98. The summed E-state index contributed by atoms with van der Waals surface area (Å²) in [6.07, 6.45) is 1.43. The summed E-state index contributed by atoms with van der Waals surface area (Å²) in [7, 11) is 0. The van der Waals surface area contributed by atoms with E-state index >= 15 is 0 Å². The van der Waals surface area contributed by atoms with Crippen molar-refractivity contribution in [1.29, 1.82) is 0 Å². The largest absolute Gasteiger partial charge is 0.336 e. The molecule has 0 bridgehead atoms. The Bertz CT molecular complexity index is 840. The monoisotopic (exact) mass is 373 g/mol. The van der Waals surface area contributed by atoms with Crippen molar-refractivity contribution in [2.75, 3.05) is 10.6 Å². The molecule has 0 saturated carbocycles. The van der Waals surface area contributed by atoms with Gasteiger partial charge in [-0.2, -0.15) is 10.1 Å². The lowest BCUT2D eigenvalue weighted by Crippen LogP contribution is -2.03. The molecule has 3 rings (SSSR count). The van der Waals surface area contributed by atoms with Crippen LogP contribution in [0.15, 0.2) is 53.1 Å². The minimum Gasteiger partial charge on any atom is -0.336 e. The van der Waals surface area contributed by atoms with E-state index in [1.165, 1.54) is 12.3 Å². The molecule has 0 unspecified atom stereocenters. The molecule has 0 amide bonds. The first kappa shape index (κ1) is 15.4. The van der Waals surface area contributed by atoms with E-state index in [1.54, 1.807) is 18.2 Å². The average Bonchev–Trinajstić information content (AvgIpc) is 2.54. The first-order valence-corrected chi connectivity index (χ1v) is 7.65. The summed E-state index contributed by atoms with van der Waals surface area (Å²) in [6.45, 7) is 2.00. The van der Waals surface area contributed by atoms with E-state index in [2.05, 4.69) is 41.7 Å². The SMILES string of the molecule is Cc1ccc(Nc2nncc(Nc3ccccc3F)n2)cc1Br. The number of nitrogens with one attached hydrogen (secondary N) is 2. The van der Waals surface area contributed by atoms with Gasteiger partial charge in [-0.25, -0.2) is 4.39 Å². The fourth-order valence-electron chi connectivity index (χ4n) is 1.92. The molecule has 5 nitrogen and oxygen atoms in total. The second-order valence-electron chi connectivity index (χ2n) is 4.86. The van der Waals surface area contributed by atoms with Crippen LogP contribution >= 0.6 is 15.9 Å². The van der Waals surface area contributed by atoms with Crippen molar-refractivity contribution in [2.45, 2.75) is 6.92 Å². The highest BCUT2D eigenvalue weighted by atomic mass is 79.9. The maximum Gasteiger partial charge on any atom is 0.249 e. The lowest BCUT2D eigenvalue weighted by molar-refractivity contribution is 0.632. The lowest BCUT2D eigenvalue weighted by Gasteiger charge is -2.09. The standard InChI is InChI=1S/C16H13BrFN5/c1-10-6-7-11(8-12(10)17)20-16-22-15(9-19-23-16)21-14-5-3-2-4-13(14)18/h2-9H,1H3,(H2,20,21,22,23). The van der Waals surface area contributed by atoms with Crippen LogP contribution < -0.4 is 10.6 Å². The lowest BCUT2D eigenvalue weighted by atomic mass is 10.2. The van der Waals surface area contributed by atoms with Crippen LogP contribution in [0.25, 0.3) is 0 Å². The summed E-state index contributed by atoms with van der Waals surface area (Å²) in [5.41, 5.74) is 2.29. The van der Waals surface area contributed by atoms with Gasteiger partial charge < -0.3 is 10.6 Å². The molecule has 2 N–H and O–H groups in total. The molecule has 1 aromatic heterocycles. The number of para-hydroxylation sites is 1. The van der Waals surface area contributed by atoms with Crippen molar-refractivity contribution < 1.29 is 4.39 Å². The summed E-state index contributed by atoms with van der Waals surface area (Å²) < 4.78 is 14.6. The summed E-state index contributed by atoms with van der Waals surface area (Å²) in [5.74, 6) is 0.365. The third kappa shape index (κ3) is 3.81. The third-order valence-electron chi connectivity index (χ3n) is 3.12. The Balaban J connectivity index is 1.79. The number of anilines is 4. The number of aromatic nitrogens is 3. The highest BCUT2D eigenvalue weighted by Crippen LogP contribution is 2.23. The van der Waals surface area contributed by atoms with Crippen LogP contribution in [0.2, 0.25) is 0 Å². The molecule has 2 aromatic carbocycles. The first-order chi connectivity index (χ1) is 11.1. The summed E-state index contributed by atoms with van der Waals surface area (Å²) in [4.78, 5) is 4.28. The van der Waals surface area contributed by atoms with Gasteiger partial charge in [-0.1, -0.05) is 34.1 Å². The molecule has 0 aliphatic rings. The van der Waals surface area contributed by atoms with Gasteiger partial charge in [-0.15, -0.1) is 5.10 Å². The fourth-order valence-corrected chi connectivity index (χ4v) is 2.30. The van der Waals surface area contributed by atoms with E-state index in [1.807, 2.05) is 25.1 Å². The molecule has 116 valence electrons. The van der Waals surface area contributed by atoms with Crippen molar-refractivity contribution >= 4 is 39.1 Å².